The van der Waals surface area contributed by atoms with E-state index in [0.29, 0.717) is 75.4 Å². The molecular weight excluding hydrogens is 662 g/mol. The Bertz CT molecular complexity index is 1720. The zero-order valence-corrected chi connectivity index (χ0v) is 32.6. The van der Waals surface area contributed by atoms with Crippen LogP contribution in [0.25, 0.3) is 22.3 Å². The molecule has 4 heterocycles. The van der Waals surface area contributed by atoms with Crippen molar-refractivity contribution in [3.05, 3.63) is 42.0 Å². The second kappa shape index (κ2) is 15.9. The number of carbonyl (C=O) groups is 2. The Balaban J connectivity index is 1.28. The summed E-state index contributed by atoms with van der Waals surface area (Å²) in [5.41, 5.74) is 0.937. The van der Waals surface area contributed by atoms with E-state index in [1.165, 1.54) is 0 Å². The molecule has 1 N–H and O–H groups in total. The quantitative estimate of drug-likeness (QED) is 0.262. The molecule has 2 aliphatic heterocycles. The molecule has 13 heteroatoms. The summed E-state index contributed by atoms with van der Waals surface area (Å²) >= 11 is 0. The van der Waals surface area contributed by atoms with E-state index in [1.54, 1.807) is 18.0 Å². The van der Waals surface area contributed by atoms with Crippen LogP contribution in [0.3, 0.4) is 0 Å². The van der Waals surface area contributed by atoms with E-state index < -0.39 is 16.7 Å². The third kappa shape index (κ3) is 9.67. The Hall–Kier alpha value is -4.07. The van der Waals surface area contributed by atoms with Gasteiger partial charge in [-0.25, -0.2) is 9.78 Å². The van der Waals surface area contributed by atoms with Gasteiger partial charge in [0.1, 0.15) is 11.4 Å². The molecule has 2 atom stereocenters. The Kier molecular flexibility index (Phi) is 12.0. The van der Waals surface area contributed by atoms with E-state index in [4.69, 9.17) is 33.9 Å². The van der Waals surface area contributed by atoms with Crippen LogP contribution in [0, 0.1) is 0 Å². The molecule has 0 saturated carbocycles. The minimum absolute atomic E-state index is 0.132. The van der Waals surface area contributed by atoms with E-state index in [9.17, 15) is 9.59 Å². The maximum atomic E-state index is 13.4. The minimum atomic E-state index is -0.640. The molecule has 2 aliphatic rings. The number of amides is 2. The first-order valence-electron chi connectivity index (χ1n) is 18.3. The number of anilines is 2. The fourth-order valence-corrected chi connectivity index (χ4v) is 6.15. The smallest absolute Gasteiger partial charge is 0.410 e. The number of fused-ring (bicyclic) bond motifs is 1. The highest BCUT2D eigenvalue weighted by atomic mass is 16.6. The molecule has 0 bridgehead atoms. The van der Waals surface area contributed by atoms with Gasteiger partial charge in [0.25, 0.3) is 5.91 Å². The normalized spacial score (nSPS) is 18.7. The molecule has 1 aromatic carbocycles. The number of nitrogens with one attached hydrogen (secondary N) is 1. The van der Waals surface area contributed by atoms with Gasteiger partial charge in [-0.15, -0.1) is 0 Å². The van der Waals surface area contributed by atoms with Crippen molar-refractivity contribution in [2.24, 2.45) is 0 Å². The summed E-state index contributed by atoms with van der Waals surface area (Å²) in [4.78, 5) is 47.2. The lowest BCUT2D eigenvalue weighted by atomic mass is 9.99. The van der Waals surface area contributed by atoms with Gasteiger partial charge < -0.3 is 39.0 Å². The van der Waals surface area contributed by atoms with Crippen LogP contribution >= 0.6 is 0 Å². The van der Waals surface area contributed by atoms with Crippen molar-refractivity contribution >= 4 is 34.8 Å². The Labute approximate surface area is 308 Å². The standard InChI is InChI=1S/C39H57N7O6/c1-26-23-49-20-17-45(26)33-30-14-15-31(41-32(30)42-35(43-33)46-18-21-50-24-27(46)2)28-12-11-13-29(22-28)34(47)40-25-39(8,9)51-19-16-38(6,7)44(10)36(48)52-37(3,4)5/h11-15,22,26-27H,16-21,23-25H2,1-10H3,(H,40,47)/t26-,27-/m1/s1. The van der Waals surface area contributed by atoms with Crippen LogP contribution in [0.5, 0.6) is 0 Å². The maximum absolute atomic E-state index is 13.4. The van der Waals surface area contributed by atoms with Gasteiger partial charge in [0.2, 0.25) is 5.95 Å². The summed E-state index contributed by atoms with van der Waals surface area (Å²) in [6, 6.07) is 11.7. The zero-order chi connectivity index (χ0) is 37.8. The number of pyridine rings is 1. The van der Waals surface area contributed by atoms with Crippen LogP contribution in [0.15, 0.2) is 36.4 Å². The van der Waals surface area contributed by atoms with Crippen molar-refractivity contribution in [3.63, 3.8) is 0 Å². The third-order valence-corrected chi connectivity index (χ3v) is 9.67. The number of hydrogen-bond acceptors (Lipinski definition) is 11. The molecule has 3 aromatic rings. The fourth-order valence-electron chi connectivity index (χ4n) is 6.15. The van der Waals surface area contributed by atoms with Gasteiger partial charge in [0.15, 0.2) is 5.65 Å². The predicted octanol–water partition coefficient (Wildman–Crippen LogP) is 5.70. The minimum Gasteiger partial charge on any atom is -0.444 e. The molecule has 0 unspecified atom stereocenters. The summed E-state index contributed by atoms with van der Waals surface area (Å²) in [6.45, 7) is 22.3. The fraction of sp³-hybridized carbons (Fsp3) is 0.615. The summed E-state index contributed by atoms with van der Waals surface area (Å²) in [6.07, 6.45) is 0.212. The average molecular weight is 720 g/mol. The van der Waals surface area contributed by atoms with Gasteiger partial charge >= 0.3 is 6.09 Å². The van der Waals surface area contributed by atoms with Crippen molar-refractivity contribution < 1.29 is 28.5 Å². The first-order chi connectivity index (χ1) is 24.4. The van der Waals surface area contributed by atoms with E-state index in [-0.39, 0.29) is 24.1 Å². The monoisotopic (exact) mass is 719 g/mol. The van der Waals surface area contributed by atoms with Crippen molar-refractivity contribution in [2.75, 3.05) is 69.5 Å². The molecular formula is C39H57N7O6. The third-order valence-electron chi connectivity index (χ3n) is 9.67. The van der Waals surface area contributed by atoms with Crippen molar-refractivity contribution in [1.82, 2.24) is 25.2 Å². The molecule has 284 valence electrons. The molecule has 2 fully saturated rings. The van der Waals surface area contributed by atoms with Crippen LogP contribution in [-0.2, 0) is 18.9 Å². The van der Waals surface area contributed by atoms with Crippen LogP contribution in [0.2, 0.25) is 0 Å². The zero-order valence-electron chi connectivity index (χ0n) is 32.6. The van der Waals surface area contributed by atoms with Gasteiger partial charge in [-0.2, -0.15) is 9.97 Å². The molecule has 13 nitrogen and oxygen atoms in total. The van der Waals surface area contributed by atoms with Gasteiger partial charge in [-0.3, -0.25) is 4.79 Å². The van der Waals surface area contributed by atoms with E-state index in [0.717, 1.165) is 23.3 Å². The highest BCUT2D eigenvalue weighted by Crippen LogP contribution is 2.31. The predicted molar refractivity (Wildman–Crippen MR) is 203 cm³/mol. The van der Waals surface area contributed by atoms with E-state index in [1.807, 2.05) is 78.8 Å². The Morgan fingerprint density at radius 3 is 2.25 bits per heavy atom. The molecule has 2 saturated heterocycles. The Morgan fingerprint density at radius 1 is 0.923 bits per heavy atom. The van der Waals surface area contributed by atoms with Crippen LogP contribution in [0.4, 0.5) is 16.6 Å². The summed E-state index contributed by atoms with van der Waals surface area (Å²) < 4.78 is 23.2. The number of hydrogen-bond donors (Lipinski definition) is 1. The number of benzene rings is 1. The number of aromatic nitrogens is 3. The number of carbonyl (C=O) groups excluding carboxylic acids is 2. The molecule has 0 spiro atoms. The van der Waals surface area contributed by atoms with E-state index >= 15 is 0 Å². The lowest BCUT2D eigenvalue weighted by Crippen LogP contribution is -2.48. The molecule has 2 amide bonds. The van der Waals surface area contributed by atoms with Gasteiger partial charge in [0, 0.05) is 50.0 Å². The summed E-state index contributed by atoms with van der Waals surface area (Å²) in [7, 11) is 1.74. The second-order valence-corrected chi connectivity index (χ2v) is 16.1. The first kappa shape index (κ1) is 39.1. The number of rotatable bonds is 11. The number of nitrogens with zero attached hydrogens (tertiary/aromatic N) is 6. The topological polar surface area (TPSA) is 131 Å². The molecule has 0 aliphatic carbocycles. The van der Waals surface area contributed by atoms with E-state index in [2.05, 4.69) is 29.0 Å². The summed E-state index contributed by atoms with van der Waals surface area (Å²) in [5, 5.41) is 3.91. The lowest BCUT2D eigenvalue weighted by molar-refractivity contribution is -0.0357. The molecule has 52 heavy (non-hydrogen) atoms. The number of ether oxygens (including phenoxy) is 4. The van der Waals surface area contributed by atoms with Crippen molar-refractivity contribution in [2.45, 2.75) is 97.6 Å². The SMILES string of the molecule is C[C@@H]1COCCN1c1nc(N2CCOC[C@H]2C)c2ccc(-c3cccc(C(=O)NCC(C)(C)OCCC(C)(C)N(C)C(=O)OC(C)(C)C)c3)nc2n1. The highest BCUT2D eigenvalue weighted by molar-refractivity contribution is 5.96. The van der Waals surface area contributed by atoms with Crippen LogP contribution < -0.4 is 15.1 Å². The molecule has 5 rings (SSSR count). The highest BCUT2D eigenvalue weighted by Gasteiger charge is 2.32. The lowest BCUT2D eigenvalue weighted by Gasteiger charge is -2.37. The first-order valence-corrected chi connectivity index (χ1v) is 18.3. The second-order valence-electron chi connectivity index (χ2n) is 16.1. The number of morpholine rings is 2. The maximum Gasteiger partial charge on any atom is 0.410 e. The van der Waals surface area contributed by atoms with Crippen molar-refractivity contribution in [3.8, 4) is 11.3 Å². The van der Waals surface area contributed by atoms with Gasteiger partial charge in [-0.1, -0.05) is 12.1 Å². The largest absolute Gasteiger partial charge is 0.444 e. The van der Waals surface area contributed by atoms with Crippen LogP contribution in [0.1, 0.15) is 79.1 Å². The average Bonchev–Trinajstić information content (AvgIpc) is 3.09. The Morgan fingerprint density at radius 2 is 1.60 bits per heavy atom. The summed E-state index contributed by atoms with van der Waals surface area (Å²) in [5.74, 6) is 1.28. The van der Waals surface area contributed by atoms with Crippen molar-refractivity contribution in [1.29, 1.82) is 0 Å². The molecule has 0 radical (unpaired) electrons. The van der Waals surface area contributed by atoms with Gasteiger partial charge in [0.05, 0.1) is 55.2 Å². The molecule has 2 aromatic heterocycles. The van der Waals surface area contributed by atoms with Gasteiger partial charge in [-0.05, 0) is 93.0 Å². The van der Waals surface area contributed by atoms with Crippen LogP contribution in [-0.4, -0.2) is 120 Å².